The van der Waals surface area contributed by atoms with E-state index in [4.69, 9.17) is 4.42 Å². The van der Waals surface area contributed by atoms with Gasteiger partial charge in [-0.25, -0.2) is 0 Å². The van der Waals surface area contributed by atoms with E-state index in [0.717, 1.165) is 37.7 Å². The Morgan fingerprint density at radius 3 is 2.56 bits per heavy atom. The van der Waals surface area contributed by atoms with Crippen LogP contribution in [-0.2, 0) is 13.1 Å². The molecule has 0 radical (unpaired) electrons. The van der Waals surface area contributed by atoms with Gasteiger partial charge in [-0.3, -0.25) is 0 Å². The van der Waals surface area contributed by atoms with Crippen LogP contribution in [0.2, 0.25) is 0 Å². The summed E-state index contributed by atoms with van der Waals surface area (Å²) in [6.45, 7) is 14.8. The lowest BCUT2D eigenvalue weighted by molar-refractivity contribution is 0.220. The third kappa shape index (κ3) is 5.23. The molecule has 0 amide bonds. The molecule has 1 N–H and O–H groups in total. The third-order valence-electron chi connectivity index (χ3n) is 2.81. The maximum atomic E-state index is 5.76. The SMILES string of the molecule is CCNCc1cc(CN(C)CC(C)(C)C)c(C)o1. The van der Waals surface area contributed by atoms with Gasteiger partial charge in [-0.2, -0.15) is 0 Å². The van der Waals surface area contributed by atoms with Crippen molar-refractivity contribution in [3.8, 4) is 0 Å². The summed E-state index contributed by atoms with van der Waals surface area (Å²) in [5.41, 5.74) is 1.63. The maximum absolute atomic E-state index is 5.76. The first kappa shape index (κ1) is 15.3. The fourth-order valence-corrected chi connectivity index (χ4v) is 2.24. The predicted molar refractivity (Wildman–Crippen MR) is 76.6 cm³/mol. The van der Waals surface area contributed by atoms with E-state index in [9.17, 15) is 0 Å². The fourth-order valence-electron chi connectivity index (χ4n) is 2.24. The van der Waals surface area contributed by atoms with Crippen LogP contribution >= 0.6 is 0 Å². The lowest BCUT2D eigenvalue weighted by Gasteiger charge is -2.26. The molecule has 0 spiro atoms. The molecule has 1 aromatic heterocycles. The summed E-state index contributed by atoms with van der Waals surface area (Å²) in [6.07, 6.45) is 0. The lowest BCUT2D eigenvalue weighted by atomic mass is 9.96. The number of nitrogens with zero attached hydrogens (tertiary/aromatic N) is 1. The van der Waals surface area contributed by atoms with Crippen LogP contribution in [0.5, 0.6) is 0 Å². The molecule has 1 heterocycles. The van der Waals surface area contributed by atoms with E-state index in [1.54, 1.807) is 0 Å². The molecule has 3 heteroatoms. The standard InChI is InChI=1S/C15H28N2O/c1-7-16-9-14-8-13(12(2)18-14)10-17(6)11-15(3,4)5/h8,16H,7,9-11H2,1-6H3. The molecule has 0 aromatic carbocycles. The van der Waals surface area contributed by atoms with Gasteiger partial charge in [0.1, 0.15) is 11.5 Å². The van der Waals surface area contributed by atoms with Crippen molar-refractivity contribution in [2.75, 3.05) is 20.1 Å². The molecule has 0 fully saturated rings. The molecule has 0 aliphatic carbocycles. The Morgan fingerprint density at radius 1 is 1.33 bits per heavy atom. The van der Waals surface area contributed by atoms with Gasteiger partial charge >= 0.3 is 0 Å². The van der Waals surface area contributed by atoms with Gasteiger partial charge in [-0.15, -0.1) is 0 Å². The topological polar surface area (TPSA) is 28.4 Å². The second-order valence-electron chi connectivity index (χ2n) is 6.31. The molecular weight excluding hydrogens is 224 g/mol. The van der Waals surface area contributed by atoms with Crippen molar-refractivity contribution in [2.24, 2.45) is 5.41 Å². The molecule has 18 heavy (non-hydrogen) atoms. The Bertz CT molecular complexity index is 363. The first-order valence-corrected chi connectivity index (χ1v) is 6.79. The summed E-state index contributed by atoms with van der Waals surface area (Å²) in [4.78, 5) is 2.36. The highest BCUT2D eigenvalue weighted by atomic mass is 16.3. The maximum Gasteiger partial charge on any atom is 0.118 e. The first-order chi connectivity index (χ1) is 8.31. The molecule has 3 nitrogen and oxygen atoms in total. The fraction of sp³-hybridized carbons (Fsp3) is 0.733. The normalized spacial score (nSPS) is 12.4. The monoisotopic (exact) mass is 252 g/mol. The summed E-state index contributed by atoms with van der Waals surface area (Å²) in [5.74, 6) is 2.08. The van der Waals surface area contributed by atoms with Crippen molar-refractivity contribution in [1.29, 1.82) is 0 Å². The molecule has 1 aromatic rings. The number of furan rings is 1. The van der Waals surface area contributed by atoms with Crippen LogP contribution in [0, 0.1) is 12.3 Å². The highest BCUT2D eigenvalue weighted by Gasteiger charge is 2.15. The van der Waals surface area contributed by atoms with Gasteiger partial charge in [-0.05, 0) is 32.0 Å². The van der Waals surface area contributed by atoms with Crippen LogP contribution in [-0.4, -0.2) is 25.0 Å². The zero-order valence-corrected chi connectivity index (χ0v) is 12.8. The Labute approximate surface area is 112 Å². The molecule has 0 saturated heterocycles. The number of aryl methyl sites for hydroxylation is 1. The van der Waals surface area contributed by atoms with E-state index in [2.05, 4.69) is 57.9 Å². The van der Waals surface area contributed by atoms with Crippen molar-refractivity contribution in [3.63, 3.8) is 0 Å². The van der Waals surface area contributed by atoms with Crippen molar-refractivity contribution in [1.82, 2.24) is 10.2 Å². The zero-order valence-electron chi connectivity index (χ0n) is 12.8. The first-order valence-electron chi connectivity index (χ1n) is 6.79. The van der Waals surface area contributed by atoms with E-state index in [0.29, 0.717) is 5.41 Å². The number of hydrogen-bond donors (Lipinski definition) is 1. The Morgan fingerprint density at radius 2 is 2.00 bits per heavy atom. The Kier molecular flexibility index (Phi) is 5.42. The highest BCUT2D eigenvalue weighted by molar-refractivity contribution is 5.20. The molecule has 104 valence electrons. The summed E-state index contributed by atoms with van der Waals surface area (Å²) in [7, 11) is 2.17. The van der Waals surface area contributed by atoms with Crippen LogP contribution in [0.4, 0.5) is 0 Å². The van der Waals surface area contributed by atoms with Crippen LogP contribution in [0.15, 0.2) is 10.5 Å². The van der Waals surface area contributed by atoms with Gasteiger partial charge in [0.05, 0.1) is 6.54 Å². The van der Waals surface area contributed by atoms with Crippen LogP contribution in [0.25, 0.3) is 0 Å². The second kappa shape index (κ2) is 6.39. The average Bonchev–Trinajstić information content (AvgIpc) is 2.53. The number of nitrogens with one attached hydrogen (secondary N) is 1. The second-order valence-corrected chi connectivity index (χ2v) is 6.31. The van der Waals surface area contributed by atoms with E-state index < -0.39 is 0 Å². The smallest absolute Gasteiger partial charge is 0.118 e. The Balaban J connectivity index is 2.58. The predicted octanol–water partition coefficient (Wildman–Crippen LogP) is 3.18. The average molecular weight is 252 g/mol. The van der Waals surface area contributed by atoms with Crippen molar-refractivity contribution >= 4 is 0 Å². The molecule has 0 saturated carbocycles. The van der Waals surface area contributed by atoms with Crippen molar-refractivity contribution < 1.29 is 4.42 Å². The molecule has 0 bridgehead atoms. The molecule has 0 aliphatic heterocycles. The summed E-state index contributed by atoms with van der Waals surface area (Å²) >= 11 is 0. The minimum absolute atomic E-state index is 0.332. The minimum atomic E-state index is 0.332. The van der Waals surface area contributed by atoms with Gasteiger partial charge in [0.25, 0.3) is 0 Å². The Hall–Kier alpha value is -0.800. The third-order valence-corrected chi connectivity index (χ3v) is 2.81. The van der Waals surface area contributed by atoms with Gasteiger partial charge in [0.2, 0.25) is 0 Å². The zero-order chi connectivity index (χ0) is 13.8. The van der Waals surface area contributed by atoms with E-state index in [-0.39, 0.29) is 0 Å². The van der Waals surface area contributed by atoms with E-state index in [1.165, 1.54) is 5.56 Å². The van der Waals surface area contributed by atoms with E-state index >= 15 is 0 Å². The van der Waals surface area contributed by atoms with Gasteiger partial charge in [0, 0.05) is 18.7 Å². The minimum Gasteiger partial charge on any atom is -0.465 e. The van der Waals surface area contributed by atoms with Crippen molar-refractivity contribution in [3.05, 3.63) is 23.2 Å². The largest absolute Gasteiger partial charge is 0.465 e. The number of hydrogen-bond acceptors (Lipinski definition) is 3. The van der Waals surface area contributed by atoms with Crippen LogP contribution < -0.4 is 5.32 Å². The van der Waals surface area contributed by atoms with E-state index in [1.807, 2.05) is 0 Å². The van der Waals surface area contributed by atoms with Crippen molar-refractivity contribution in [2.45, 2.75) is 47.7 Å². The lowest BCUT2D eigenvalue weighted by Crippen LogP contribution is -2.28. The van der Waals surface area contributed by atoms with Crippen LogP contribution in [0.1, 0.15) is 44.8 Å². The number of rotatable bonds is 6. The summed E-state index contributed by atoms with van der Waals surface area (Å²) < 4.78 is 5.76. The summed E-state index contributed by atoms with van der Waals surface area (Å²) in [6, 6.07) is 2.18. The molecule has 0 atom stereocenters. The quantitative estimate of drug-likeness (QED) is 0.843. The van der Waals surface area contributed by atoms with Gasteiger partial charge < -0.3 is 14.6 Å². The van der Waals surface area contributed by atoms with Crippen LogP contribution in [0.3, 0.4) is 0 Å². The molecular formula is C15H28N2O. The highest BCUT2D eigenvalue weighted by Crippen LogP contribution is 2.19. The van der Waals surface area contributed by atoms with Gasteiger partial charge in [-0.1, -0.05) is 27.7 Å². The summed E-state index contributed by atoms with van der Waals surface area (Å²) in [5, 5.41) is 3.29. The molecule has 0 aliphatic rings. The van der Waals surface area contributed by atoms with Gasteiger partial charge in [0.15, 0.2) is 0 Å². The molecule has 1 rings (SSSR count). The molecule has 0 unspecified atom stereocenters.